The van der Waals surface area contributed by atoms with Gasteiger partial charge in [-0.05, 0) is 49.4 Å². The third kappa shape index (κ3) is 5.07. The minimum Gasteiger partial charge on any atom is -0.487 e. The number of benzene rings is 2. The average molecular weight is 442 g/mol. The lowest BCUT2D eigenvalue weighted by molar-refractivity contribution is 0.101. The number of rotatable bonds is 10. The van der Waals surface area contributed by atoms with Crippen LogP contribution in [0.4, 0.5) is 4.39 Å². The number of carbonyl (C=O) groups is 1. The molecule has 0 bridgehead atoms. The molecule has 2 aromatic carbocycles. The Bertz CT molecular complexity index is 1120. The number of aryl methyl sites for hydroxylation is 2. The SMILES string of the molecule is CC(=O)c1c(OCCN=CN)c(OCCC(C)c2ccc(F)cc2)c2oc(C)nc2c1C. The summed E-state index contributed by atoms with van der Waals surface area (Å²) in [5.41, 5.74) is 8.41. The lowest BCUT2D eigenvalue weighted by Gasteiger charge is -2.18. The lowest BCUT2D eigenvalue weighted by Crippen LogP contribution is -2.11. The first kappa shape index (κ1) is 23.2. The largest absolute Gasteiger partial charge is 0.487 e. The van der Waals surface area contributed by atoms with Gasteiger partial charge in [0.15, 0.2) is 17.4 Å². The van der Waals surface area contributed by atoms with Gasteiger partial charge < -0.3 is 19.6 Å². The van der Waals surface area contributed by atoms with Crippen molar-refractivity contribution in [2.45, 2.75) is 40.0 Å². The molecule has 0 amide bonds. The van der Waals surface area contributed by atoms with E-state index in [-0.39, 0.29) is 24.1 Å². The van der Waals surface area contributed by atoms with E-state index in [0.29, 0.717) is 59.2 Å². The molecule has 0 radical (unpaired) electrons. The summed E-state index contributed by atoms with van der Waals surface area (Å²) in [4.78, 5) is 20.9. The first-order valence-electron chi connectivity index (χ1n) is 10.5. The Balaban J connectivity index is 1.92. The van der Waals surface area contributed by atoms with Crippen LogP contribution in [0.1, 0.15) is 53.6 Å². The number of hydrogen-bond acceptors (Lipinski definition) is 6. The van der Waals surface area contributed by atoms with E-state index in [1.165, 1.54) is 25.4 Å². The lowest BCUT2D eigenvalue weighted by atomic mass is 9.98. The minimum atomic E-state index is -0.266. The zero-order valence-corrected chi connectivity index (χ0v) is 18.8. The molecule has 0 saturated carbocycles. The van der Waals surface area contributed by atoms with E-state index in [1.807, 2.05) is 13.8 Å². The molecule has 32 heavy (non-hydrogen) atoms. The highest BCUT2D eigenvalue weighted by molar-refractivity contribution is 6.05. The van der Waals surface area contributed by atoms with Crippen molar-refractivity contribution in [3.8, 4) is 11.5 Å². The number of oxazole rings is 1. The van der Waals surface area contributed by atoms with Crippen molar-refractivity contribution in [3.05, 3.63) is 52.7 Å². The number of halogens is 1. The fourth-order valence-corrected chi connectivity index (χ4v) is 3.60. The predicted octanol–water partition coefficient (Wildman–Crippen LogP) is 4.72. The molecular formula is C24H28FN3O4. The number of aromatic nitrogens is 1. The molecule has 0 aliphatic carbocycles. The maximum Gasteiger partial charge on any atom is 0.207 e. The van der Waals surface area contributed by atoms with Crippen LogP contribution in [0.2, 0.25) is 0 Å². The van der Waals surface area contributed by atoms with Gasteiger partial charge in [-0.25, -0.2) is 9.37 Å². The molecule has 0 fully saturated rings. The number of ether oxygens (including phenoxy) is 2. The standard InChI is InChI=1S/C24H28FN3O4/c1-14(18-5-7-19(25)8-6-18)9-11-30-24-22(31-12-10-27-13-26)20(16(3)29)15(2)21-23(24)32-17(4)28-21/h5-8,13-14H,9-12H2,1-4H3,(H2,26,27). The number of aliphatic imine (C=N–C) groups is 1. The fourth-order valence-electron chi connectivity index (χ4n) is 3.60. The number of carbonyl (C=O) groups excluding carboxylic acids is 1. The summed E-state index contributed by atoms with van der Waals surface area (Å²) < 4.78 is 31.1. The second-order valence-corrected chi connectivity index (χ2v) is 7.62. The van der Waals surface area contributed by atoms with Crippen LogP contribution in [0.25, 0.3) is 11.1 Å². The van der Waals surface area contributed by atoms with Gasteiger partial charge in [-0.2, -0.15) is 0 Å². The highest BCUT2D eigenvalue weighted by atomic mass is 19.1. The van der Waals surface area contributed by atoms with Crippen molar-refractivity contribution < 1.29 is 23.1 Å². The van der Waals surface area contributed by atoms with Crippen LogP contribution in [0.15, 0.2) is 33.7 Å². The van der Waals surface area contributed by atoms with E-state index >= 15 is 0 Å². The van der Waals surface area contributed by atoms with E-state index in [4.69, 9.17) is 19.6 Å². The first-order valence-corrected chi connectivity index (χ1v) is 10.5. The molecule has 0 aliphatic rings. The van der Waals surface area contributed by atoms with E-state index in [1.54, 1.807) is 19.1 Å². The Morgan fingerprint density at radius 1 is 1.22 bits per heavy atom. The number of hydrogen-bond donors (Lipinski definition) is 1. The monoisotopic (exact) mass is 441 g/mol. The first-order chi connectivity index (χ1) is 15.3. The van der Waals surface area contributed by atoms with Gasteiger partial charge in [0.05, 0.1) is 25.1 Å². The van der Waals surface area contributed by atoms with Crippen LogP contribution in [0.5, 0.6) is 11.5 Å². The third-order valence-corrected chi connectivity index (χ3v) is 5.26. The topological polar surface area (TPSA) is 99.9 Å². The fraction of sp³-hybridized carbons (Fsp3) is 0.375. The van der Waals surface area contributed by atoms with Crippen LogP contribution >= 0.6 is 0 Å². The number of nitrogens with zero attached hydrogens (tertiary/aromatic N) is 2. The van der Waals surface area contributed by atoms with Gasteiger partial charge in [0, 0.05) is 6.92 Å². The summed E-state index contributed by atoms with van der Waals surface area (Å²) in [6.07, 6.45) is 1.87. The molecule has 170 valence electrons. The van der Waals surface area contributed by atoms with Crippen LogP contribution in [-0.4, -0.2) is 36.9 Å². The number of ketones is 1. The maximum atomic E-state index is 13.2. The van der Waals surface area contributed by atoms with E-state index in [0.717, 1.165) is 5.56 Å². The second-order valence-electron chi connectivity index (χ2n) is 7.62. The van der Waals surface area contributed by atoms with E-state index in [2.05, 4.69) is 9.98 Å². The highest BCUT2D eigenvalue weighted by Crippen LogP contribution is 2.42. The number of fused-ring (bicyclic) bond motifs is 1. The molecule has 0 spiro atoms. The van der Waals surface area contributed by atoms with Gasteiger partial charge in [0.1, 0.15) is 17.9 Å². The Kier molecular flexibility index (Phi) is 7.45. The van der Waals surface area contributed by atoms with Gasteiger partial charge in [0.2, 0.25) is 11.3 Å². The zero-order chi connectivity index (χ0) is 23.3. The summed E-state index contributed by atoms with van der Waals surface area (Å²) in [5, 5.41) is 0. The van der Waals surface area contributed by atoms with Crippen LogP contribution in [-0.2, 0) is 0 Å². The van der Waals surface area contributed by atoms with Gasteiger partial charge in [-0.1, -0.05) is 19.1 Å². The van der Waals surface area contributed by atoms with Crippen molar-refractivity contribution in [1.82, 2.24) is 4.98 Å². The third-order valence-electron chi connectivity index (χ3n) is 5.26. The molecule has 0 saturated heterocycles. The van der Waals surface area contributed by atoms with E-state index < -0.39 is 0 Å². The molecule has 8 heteroatoms. The zero-order valence-electron chi connectivity index (χ0n) is 18.8. The molecule has 2 N–H and O–H groups in total. The summed E-state index contributed by atoms with van der Waals surface area (Å²) in [5.74, 6) is 0.847. The van der Waals surface area contributed by atoms with Crippen LogP contribution < -0.4 is 15.2 Å². The van der Waals surface area contributed by atoms with Crippen LogP contribution in [0.3, 0.4) is 0 Å². The van der Waals surface area contributed by atoms with Gasteiger partial charge in [0.25, 0.3) is 0 Å². The molecule has 1 atom stereocenters. The summed E-state index contributed by atoms with van der Waals surface area (Å²) in [6.45, 7) is 7.96. The molecule has 3 rings (SSSR count). The molecule has 1 aromatic heterocycles. The molecular weight excluding hydrogens is 413 g/mol. The molecule has 1 unspecified atom stereocenters. The Hall–Kier alpha value is -3.42. The Morgan fingerprint density at radius 2 is 1.91 bits per heavy atom. The Morgan fingerprint density at radius 3 is 2.56 bits per heavy atom. The van der Waals surface area contributed by atoms with Crippen molar-refractivity contribution >= 4 is 23.2 Å². The van der Waals surface area contributed by atoms with Crippen molar-refractivity contribution in [3.63, 3.8) is 0 Å². The summed E-state index contributed by atoms with van der Waals surface area (Å²) >= 11 is 0. The van der Waals surface area contributed by atoms with Crippen molar-refractivity contribution in [1.29, 1.82) is 0 Å². The maximum absolute atomic E-state index is 13.2. The van der Waals surface area contributed by atoms with Gasteiger partial charge in [-0.15, -0.1) is 0 Å². The van der Waals surface area contributed by atoms with E-state index in [9.17, 15) is 9.18 Å². The number of nitrogens with two attached hydrogens (primary N) is 1. The summed E-state index contributed by atoms with van der Waals surface area (Å²) in [7, 11) is 0. The molecule has 7 nitrogen and oxygen atoms in total. The van der Waals surface area contributed by atoms with Crippen LogP contribution in [0, 0.1) is 19.7 Å². The summed E-state index contributed by atoms with van der Waals surface area (Å²) in [6, 6.07) is 6.43. The van der Waals surface area contributed by atoms with Gasteiger partial charge >= 0.3 is 0 Å². The highest BCUT2D eigenvalue weighted by Gasteiger charge is 2.26. The number of Topliss-reactive ketones (excluding diaryl/α,β-unsaturated/α-hetero) is 1. The Labute approximate surface area is 186 Å². The normalized spacial score (nSPS) is 12.4. The van der Waals surface area contributed by atoms with Gasteiger partial charge in [-0.3, -0.25) is 9.79 Å². The predicted molar refractivity (Wildman–Crippen MR) is 121 cm³/mol. The molecule has 0 aliphatic heterocycles. The molecule has 1 heterocycles. The molecule has 3 aromatic rings. The average Bonchev–Trinajstić information content (AvgIpc) is 3.15. The second kappa shape index (κ2) is 10.3. The van der Waals surface area contributed by atoms with Crippen molar-refractivity contribution in [2.75, 3.05) is 19.8 Å². The van der Waals surface area contributed by atoms with Crippen molar-refractivity contribution in [2.24, 2.45) is 10.7 Å². The minimum absolute atomic E-state index is 0.142. The quantitative estimate of drug-likeness (QED) is 0.211. The smallest absolute Gasteiger partial charge is 0.207 e.